The van der Waals surface area contributed by atoms with E-state index in [9.17, 15) is 5.11 Å². The SMILES string of the molecule is CC(C)CC(C)CC(O)c1ccc2c(c1)CCO2. The second kappa shape index (κ2) is 5.75. The van der Waals surface area contributed by atoms with Gasteiger partial charge < -0.3 is 9.84 Å². The van der Waals surface area contributed by atoms with Crippen molar-refractivity contribution in [2.45, 2.75) is 46.1 Å². The normalized spacial score (nSPS) is 17.4. The standard InChI is InChI=1S/C16H24O2/c1-11(2)8-12(3)9-15(17)13-4-5-16-14(10-13)6-7-18-16/h4-5,10-12,15,17H,6-9H2,1-3H3. The third-order valence-corrected chi connectivity index (χ3v) is 3.60. The Balaban J connectivity index is 1.98. The minimum absolute atomic E-state index is 0.343. The fourth-order valence-corrected chi connectivity index (χ4v) is 2.83. The first kappa shape index (κ1) is 13.4. The molecule has 0 amide bonds. The van der Waals surface area contributed by atoms with E-state index in [0.29, 0.717) is 11.8 Å². The molecular weight excluding hydrogens is 224 g/mol. The summed E-state index contributed by atoms with van der Waals surface area (Å²) < 4.78 is 5.49. The van der Waals surface area contributed by atoms with Crippen LogP contribution < -0.4 is 4.74 Å². The fourth-order valence-electron chi connectivity index (χ4n) is 2.83. The van der Waals surface area contributed by atoms with Crippen LogP contribution in [0.3, 0.4) is 0 Å². The van der Waals surface area contributed by atoms with Gasteiger partial charge in [0.15, 0.2) is 0 Å². The van der Waals surface area contributed by atoms with E-state index < -0.39 is 0 Å². The van der Waals surface area contributed by atoms with Crippen LogP contribution in [0, 0.1) is 11.8 Å². The maximum Gasteiger partial charge on any atom is 0.122 e. The number of rotatable bonds is 5. The molecule has 0 saturated carbocycles. The van der Waals surface area contributed by atoms with Gasteiger partial charge in [0.1, 0.15) is 5.75 Å². The van der Waals surface area contributed by atoms with Crippen LogP contribution in [-0.2, 0) is 6.42 Å². The summed E-state index contributed by atoms with van der Waals surface area (Å²) in [7, 11) is 0. The molecule has 18 heavy (non-hydrogen) atoms. The van der Waals surface area contributed by atoms with Gasteiger partial charge in [0.25, 0.3) is 0 Å². The minimum Gasteiger partial charge on any atom is -0.493 e. The van der Waals surface area contributed by atoms with Crippen molar-refractivity contribution in [3.63, 3.8) is 0 Å². The zero-order valence-corrected chi connectivity index (χ0v) is 11.6. The molecule has 2 unspecified atom stereocenters. The quantitative estimate of drug-likeness (QED) is 0.860. The summed E-state index contributed by atoms with van der Waals surface area (Å²) in [4.78, 5) is 0. The number of aliphatic hydroxyl groups excluding tert-OH is 1. The van der Waals surface area contributed by atoms with Crippen LogP contribution in [-0.4, -0.2) is 11.7 Å². The monoisotopic (exact) mass is 248 g/mol. The second-order valence-corrected chi connectivity index (χ2v) is 5.95. The summed E-state index contributed by atoms with van der Waals surface area (Å²) in [6.07, 6.45) is 2.64. The van der Waals surface area contributed by atoms with E-state index in [1.807, 2.05) is 12.1 Å². The number of hydrogen-bond donors (Lipinski definition) is 1. The zero-order chi connectivity index (χ0) is 13.1. The average Bonchev–Trinajstić information content (AvgIpc) is 2.74. The molecule has 0 aromatic heterocycles. The molecule has 1 aromatic carbocycles. The molecule has 1 aliphatic heterocycles. The predicted molar refractivity (Wildman–Crippen MR) is 73.8 cm³/mol. The first-order valence-electron chi connectivity index (χ1n) is 7.00. The molecule has 0 saturated heterocycles. The van der Waals surface area contributed by atoms with Crippen LogP contribution in [0.15, 0.2) is 18.2 Å². The van der Waals surface area contributed by atoms with E-state index >= 15 is 0 Å². The maximum absolute atomic E-state index is 10.3. The van der Waals surface area contributed by atoms with E-state index in [1.54, 1.807) is 0 Å². The Morgan fingerprint density at radius 1 is 1.22 bits per heavy atom. The van der Waals surface area contributed by atoms with Crippen LogP contribution in [0.2, 0.25) is 0 Å². The summed E-state index contributed by atoms with van der Waals surface area (Å²) in [6.45, 7) is 7.46. The number of ether oxygens (including phenoxy) is 1. The molecule has 1 heterocycles. The highest BCUT2D eigenvalue weighted by Gasteiger charge is 2.17. The van der Waals surface area contributed by atoms with Crippen molar-refractivity contribution >= 4 is 0 Å². The van der Waals surface area contributed by atoms with Gasteiger partial charge in [-0.15, -0.1) is 0 Å². The molecule has 1 aromatic rings. The smallest absolute Gasteiger partial charge is 0.122 e. The van der Waals surface area contributed by atoms with Gasteiger partial charge in [-0.05, 0) is 47.9 Å². The van der Waals surface area contributed by atoms with Gasteiger partial charge in [-0.3, -0.25) is 0 Å². The lowest BCUT2D eigenvalue weighted by Crippen LogP contribution is -2.07. The second-order valence-electron chi connectivity index (χ2n) is 5.95. The molecule has 2 rings (SSSR count). The zero-order valence-electron chi connectivity index (χ0n) is 11.6. The van der Waals surface area contributed by atoms with Gasteiger partial charge in [0, 0.05) is 6.42 Å². The number of aliphatic hydroxyl groups is 1. The Labute approximate surface area is 110 Å². The Kier molecular flexibility index (Phi) is 4.28. The minimum atomic E-state index is -0.343. The molecule has 100 valence electrons. The molecule has 0 fully saturated rings. The highest BCUT2D eigenvalue weighted by molar-refractivity contribution is 5.40. The lowest BCUT2D eigenvalue weighted by molar-refractivity contribution is 0.142. The van der Waals surface area contributed by atoms with Crippen molar-refractivity contribution in [3.8, 4) is 5.75 Å². The number of fused-ring (bicyclic) bond motifs is 1. The molecular formula is C16H24O2. The van der Waals surface area contributed by atoms with E-state index in [2.05, 4.69) is 26.8 Å². The van der Waals surface area contributed by atoms with Gasteiger partial charge in [-0.1, -0.05) is 26.8 Å². The molecule has 1 N–H and O–H groups in total. The van der Waals surface area contributed by atoms with Gasteiger partial charge in [-0.2, -0.15) is 0 Å². The first-order chi connectivity index (χ1) is 8.56. The van der Waals surface area contributed by atoms with Gasteiger partial charge in [0.05, 0.1) is 12.7 Å². The average molecular weight is 248 g/mol. The van der Waals surface area contributed by atoms with Crippen molar-refractivity contribution < 1.29 is 9.84 Å². The van der Waals surface area contributed by atoms with Crippen molar-refractivity contribution in [1.82, 2.24) is 0 Å². The third-order valence-electron chi connectivity index (χ3n) is 3.60. The largest absolute Gasteiger partial charge is 0.493 e. The molecule has 0 bridgehead atoms. The van der Waals surface area contributed by atoms with E-state index in [-0.39, 0.29) is 6.10 Å². The fraction of sp³-hybridized carbons (Fsp3) is 0.625. The lowest BCUT2D eigenvalue weighted by atomic mass is 9.91. The summed E-state index contributed by atoms with van der Waals surface area (Å²) in [5, 5.41) is 10.3. The van der Waals surface area contributed by atoms with Crippen LogP contribution in [0.1, 0.15) is 50.8 Å². The third kappa shape index (κ3) is 3.26. The topological polar surface area (TPSA) is 29.5 Å². The molecule has 1 aliphatic rings. The molecule has 0 spiro atoms. The van der Waals surface area contributed by atoms with Crippen LogP contribution in [0.4, 0.5) is 0 Å². The van der Waals surface area contributed by atoms with Crippen LogP contribution >= 0.6 is 0 Å². The Bertz CT molecular complexity index is 398. The van der Waals surface area contributed by atoms with Crippen LogP contribution in [0.5, 0.6) is 5.75 Å². The lowest BCUT2D eigenvalue weighted by Gasteiger charge is -2.18. The molecule has 2 nitrogen and oxygen atoms in total. The van der Waals surface area contributed by atoms with E-state index in [0.717, 1.165) is 30.8 Å². The van der Waals surface area contributed by atoms with E-state index in [4.69, 9.17) is 4.74 Å². The number of hydrogen-bond acceptors (Lipinski definition) is 2. The number of benzene rings is 1. The summed E-state index contributed by atoms with van der Waals surface area (Å²) in [6, 6.07) is 6.10. The first-order valence-corrected chi connectivity index (χ1v) is 7.00. The molecule has 0 aliphatic carbocycles. The van der Waals surface area contributed by atoms with Crippen molar-refractivity contribution in [2.75, 3.05) is 6.61 Å². The summed E-state index contributed by atoms with van der Waals surface area (Å²) in [5.74, 6) is 2.24. The Morgan fingerprint density at radius 2 is 2.00 bits per heavy atom. The van der Waals surface area contributed by atoms with Crippen molar-refractivity contribution in [1.29, 1.82) is 0 Å². The van der Waals surface area contributed by atoms with Gasteiger partial charge in [-0.25, -0.2) is 0 Å². The van der Waals surface area contributed by atoms with Crippen molar-refractivity contribution in [2.24, 2.45) is 11.8 Å². The van der Waals surface area contributed by atoms with Crippen LogP contribution in [0.25, 0.3) is 0 Å². The highest BCUT2D eigenvalue weighted by atomic mass is 16.5. The molecule has 0 radical (unpaired) electrons. The highest BCUT2D eigenvalue weighted by Crippen LogP contribution is 2.31. The molecule has 2 heteroatoms. The van der Waals surface area contributed by atoms with E-state index in [1.165, 1.54) is 12.0 Å². The summed E-state index contributed by atoms with van der Waals surface area (Å²) in [5.41, 5.74) is 2.28. The van der Waals surface area contributed by atoms with Gasteiger partial charge in [0.2, 0.25) is 0 Å². The Hall–Kier alpha value is -1.02. The Morgan fingerprint density at radius 3 is 2.72 bits per heavy atom. The predicted octanol–water partition coefficient (Wildman–Crippen LogP) is 3.73. The van der Waals surface area contributed by atoms with Crippen molar-refractivity contribution in [3.05, 3.63) is 29.3 Å². The molecule has 2 atom stereocenters. The van der Waals surface area contributed by atoms with Gasteiger partial charge >= 0.3 is 0 Å². The maximum atomic E-state index is 10.3. The summed E-state index contributed by atoms with van der Waals surface area (Å²) >= 11 is 0.